The van der Waals surface area contributed by atoms with E-state index in [0.29, 0.717) is 74.7 Å². The molecule has 0 aliphatic carbocycles. The Hall–Kier alpha value is -4.53. The number of aromatic nitrogens is 2. The zero-order valence-corrected chi connectivity index (χ0v) is 25.5. The number of rotatable bonds is 9. The molecule has 0 amide bonds. The summed E-state index contributed by atoms with van der Waals surface area (Å²) < 4.78 is 65.8. The van der Waals surface area contributed by atoms with Crippen LogP contribution in [0.1, 0.15) is 35.2 Å². The van der Waals surface area contributed by atoms with E-state index >= 15 is 4.39 Å². The largest absolute Gasteiger partial charge is 0.492 e. The molecule has 2 saturated heterocycles. The summed E-state index contributed by atoms with van der Waals surface area (Å²) in [5.74, 6) is -0.910. The number of pyridine rings is 2. The molecule has 0 saturated carbocycles. The van der Waals surface area contributed by atoms with Gasteiger partial charge in [0.1, 0.15) is 23.4 Å². The first-order chi connectivity index (χ1) is 22.4. The highest BCUT2D eigenvalue weighted by molar-refractivity contribution is 7.74. The molecule has 240 valence electrons. The summed E-state index contributed by atoms with van der Waals surface area (Å²) in [6.07, 6.45) is 6.98. The Morgan fingerprint density at radius 1 is 1.02 bits per heavy atom. The quantitative estimate of drug-likeness (QED) is 0.220. The lowest BCUT2D eigenvalue weighted by Crippen LogP contribution is -2.35. The molecule has 4 aromatic rings. The average molecular weight is 651 g/mol. The van der Waals surface area contributed by atoms with Crippen LogP contribution in [0.15, 0.2) is 48.9 Å². The van der Waals surface area contributed by atoms with Crippen molar-refractivity contribution < 1.29 is 41.7 Å². The Labute approximate surface area is 265 Å². The maximum absolute atomic E-state index is 16.4. The van der Waals surface area contributed by atoms with E-state index in [0.717, 1.165) is 9.87 Å². The minimum atomic E-state index is -3.19. The molecular weight excluding hydrogens is 619 g/mol. The number of halogens is 1. The predicted molar refractivity (Wildman–Crippen MR) is 167 cm³/mol. The molecule has 1 atom stereocenters. The highest BCUT2D eigenvalue weighted by Gasteiger charge is 2.30. The summed E-state index contributed by atoms with van der Waals surface area (Å²) in [6.45, 7) is 2.10. The van der Waals surface area contributed by atoms with Gasteiger partial charge in [-0.05, 0) is 36.2 Å². The van der Waals surface area contributed by atoms with Gasteiger partial charge in [0, 0.05) is 61.1 Å². The van der Waals surface area contributed by atoms with Crippen molar-refractivity contribution >= 4 is 44.8 Å². The number of hydrogen-bond donors (Lipinski definition) is 3. The van der Waals surface area contributed by atoms with Gasteiger partial charge in [-0.25, -0.2) is 17.6 Å². The van der Waals surface area contributed by atoms with Crippen LogP contribution in [0.3, 0.4) is 0 Å². The van der Waals surface area contributed by atoms with Crippen LogP contribution in [-0.4, -0.2) is 74.6 Å². The van der Waals surface area contributed by atoms with Gasteiger partial charge in [0.2, 0.25) is 10.9 Å². The van der Waals surface area contributed by atoms with E-state index in [2.05, 4.69) is 15.3 Å². The van der Waals surface area contributed by atoms with Crippen molar-refractivity contribution in [2.45, 2.75) is 37.8 Å². The first-order valence-electron chi connectivity index (χ1n) is 15.0. The maximum atomic E-state index is 16.4. The SMILES string of the molecule is O=C(O)c1cc(Nc2c(N(C3CCOC3)[SH](=O)=O)cnc3cc(-c4cncc5c4OCC5)cc(F)c23)cc(OC2CCOCC2)c1. The fraction of sp³-hybridized carbons (Fsp3) is 0.344. The molecule has 0 radical (unpaired) electrons. The highest BCUT2D eigenvalue weighted by Crippen LogP contribution is 2.42. The second-order valence-electron chi connectivity index (χ2n) is 11.4. The predicted octanol–water partition coefficient (Wildman–Crippen LogP) is 4.49. The smallest absolute Gasteiger partial charge is 0.335 e. The molecule has 2 N–H and O–H groups in total. The molecule has 3 aliphatic rings. The molecule has 7 rings (SSSR count). The van der Waals surface area contributed by atoms with Gasteiger partial charge in [-0.15, -0.1) is 0 Å². The van der Waals surface area contributed by atoms with E-state index in [4.69, 9.17) is 18.9 Å². The van der Waals surface area contributed by atoms with Gasteiger partial charge in [-0.2, -0.15) is 0 Å². The topological polar surface area (TPSA) is 149 Å². The van der Waals surface area contributed by atoms with Crippen molar-refractivity contribution in [2.75, 3.05) is 42.7 Å². The van der Waals surface area contributed by atoms with Crippen molar-refractivity contribution in [2.24, 2.45) is 0 Å². The second-order valence-corrected chi connectivity index (χ2v) is 12.3. The van der Waals surface area contributed by atoms with Crippen molar-refractivity contribution in [3.05, 3.63) is 65.9 Å². The van der Waals surface area contributed by atoms with Crippen molar-refractivity contribution in [1.82, 2.24) is 9.97 Å². The fourth-order valence-electron chi connectivity index (χ4n) is 6.16. The normalized spacial score (nSPS) is 18.0. The zero-order valence-electron chi connectivity index (χ0n) is 24.6. The summed E-state index contributed by atoms with van der Waals surface area (Å²) in [4.78, 5) is 20.9. The Kier molecular flexibility index (Phi) is 8.32. The highest BCUT2D eigenvalue weighted by atomic mass is 32.2. The van der Waals surface area contributed by atoms with E-state index in [1.807, 2.05) is 0 Å². The number of ether oxygens (including phenoxy) is 4. The van der Waals surface area contributed by atoms with Gasteiger partial charge in [-0.3, -0.25) is 14.3 Å². The fourth-order valence-corrected chi connectivity index (χ4v) is 6.93. The van der Waals surface area contributed by atoms with Gasteiger partial charge in [0.05, 0.1) is 66.5 Å². The number of aromatic carboxylic acids is 1. The van der Waals surface area contributed by atoms with Crippen LogP contribution in [0, 0.1) is 5.82 Å². The van der Waals surface area contributed by atoms with Gasteiger partial charge in [0.25, 0.3) is 0 Å². The first kappa shape index (κ1) is 30.1. The minimum absolute atomic E-state index is 0.0242. The van der Waals surface area contributed by atoms with Crippen LogP contribution in [0.25, 0.3) is 22.0 Å². The molecule has 2 aromatic carbocycles. The van der Waals surface area contributed by atoms with E-state index in [1.54, 1.807) is 24.5 Å². The molecule has 0 spiro atoms. The second kappa shape index (κ2) is 12.7. The lowest BCUT2D eigenvalue weighted by atomic mass is 10.0. The molecule has 46 heavy (non-hydrogen) atoms. The molecule has 2 fully saturated rings. The van der Waals surface area contributed by atoms with E-state index in [9.17, 15) is 18.3 Å². The summed E-state index contributed by atoms with van der Waals surface area (Å²) in [5.41, 5.74) is 2.70. The Morgan fingerprint density at radius 2 is 1.85 bits per heavy atom. The third-order valence-corrected chi connectivity index (χ3v) is 9.26. The summed E-state index contributed by atoms with van der Waals surface area (Å²) in [7, 11) is -3.19. The number of nitrogens with zero attached hydrogens (tertiary/aromatic N) is 3. The van der Waals surface area contributed by atoms with Crippen LogP contribution in [0.4, 0.5) is 21.5 Å². The Bertz CT molecular complexity index is 1880. The number of nitrogens with one attached hydrogen (secondary N) is 1. The monoisotopic (exact) mass is 650 g/mol. The number of anilines is 3. The van der Waals surface area contributed by atoms with Crippen LogP contribution < -0.4 is 19.1 Å². The Balaban J connectivity index is 1.37. The lowest BCUT2D eigenvalue weighted by molar-refractivity contribution is 0.0255. The molecule has 2 aromatic heterocycles. The van der Waals surface area contributed by atoms with Crippen LogP contribution in [0.2, 0.25) is 0 Å². The average Bonchev–Trinajstić information content (AvgIpc) is 3.75. The Morgan fingerprint density at radius 3 is 2.61 bits per heavy atom. The van der Waals surface area contributed by atoms with E-state index in [-0.39, 0.29) is 46.2 Å². The van der Waals surface area contributed by atoms with Crippen LogP contribution in [-0.2, 0) is 26.8 Å². The number of carbonyl (C=O) groups is 1. The third-order valence-electron chi connectivity index (χ3n) is 8.37. The standard InChI is InChI=1S/C32H31FN4O8S/c33-26-11-19(25-15-34-14-18-1-8-44-31(18)25)12-27-29(26)30(28(16-35-27)37(46(40)41)22-2-5-43-17-22)36-21-9-20(32(38)39)10-24(13-21)45-23-3-6-42-7-4-23/h9-16,22-23,46H,1-8,17H2,(H,35,36)(H,38,39). The van der Waals surface area contributed by atoms with Gasteiger partial charge < -0.3 is 29.4 Å². The van der Waals surface area contributed by atoms with Gasteiger partial charge in [0.15, 0.2) is 0 Å². The molecule has 0 bridgehead atoms. The van der Waals surface area contributed by atoms with E-state index < -0.39 is 28.7 Å². The molecule has 1 unspecified atom stereocenters. The summed E-state index contributed by atoms with van der Waals surface area (Å²) >= 11 is 0. The van der Waals surface area contributed by atoms with Gasteiger partial charge in [-0.1, -0.05) is 0 Å². The maximum Gasteiger partial charge on any atom is 0.335 e. The van der Waals surface area contributed by atoms with Gasteiger partial charge >= 0.3 is 5.97 Å². The molecule has 12 nitrogen and oxygen atoms in total. The van der Waals surface area contributed by atoms with Crippen molar-refractivity contribution in [3.63, 3.8) is 0 Å². The molecular formula is C32H31FN4O8S. The molecule has 3 aliphatic heterocycles. The van der Waals surface area contributed by atoms with Crippen molar-refractivity contribution in [3.8, 4) is 22.6 Å². The molecule has 14 heteroatoms. The number of fused-ring (bicyclic) bond motifs is 2. The number of benzene rings is 2. The molecule has 5 heterocycles. The number of carboxylic acids is 1. The minimum Gasteiger partial charge on any atom is -0.492 e. The van der Waals surface area contributed by atoms with E-state index in [1.165, 1.54) is 24.4 Å². The first-order valence-corrected chi connectivity index (χ1v) is 16.1. The number of hydrogen-bond acceptors (Lipinski definition) is 10. The number of thiol groups is 1. The third kappa shape index (κ3) is 5.90. The van der Waals surface area contributed by atoms with Crippen LogP contribution >= 0.6 is 0 Å². The number of carboxylic acid groups (broad SMARTS) is 1. The zero-order chi connectivity index (χ0) is 31.8. The van der Waals surface area contributed by atoms with Crippen LogP contribution in [0.5, 0.6) is 11.5 Å². The summed E-state index contributed by atoms with van der Waals surface area (Å²) in [6, 6.07) is 6.92. The van der Waals surface area contributed by atoms with Crippen molar-refractivity contribution in [1.29, 1.82) is 0 Å². The summed E-state index contributed by atoms with van der Waals surface area (Å²) in [5, 5.41) is 13.1. The lowest BCUT2D eigenvalue weighted by Gasteiger charge is -2.27.